The molecular formula is C25H38NOP. The van der Waals surface area contributed by atoms with Gasteiger partial charge in [0.1, 0.15) is 5.75 Å². The molecule has 0 amide bonds. The molecule has 0 heterocycles. The van der Waals surface area contributed by atoms with Gasteiger partial charge in [-0.2, -0.15) is 0 Å². The number of hydrogen-bond donors (Lipinski definition) is 2. The van der Waals surface area contributed by atoms with Crippen LogP contribution in [0.1, 0.15) is 79.0 Å². The highest BCUT2D eigenvalue weighted by molar-refractivity contribution is 7.55. The van der Waals surface area contributed by atoms with Gasteiger partial charge < -0.3 is 10.4 Å². The van der Waals surface area contributed by atoms with Gasteiger partial charge >= 0.3 is 0 Å². The molecule has 0 aliphatic rings. The van der Waals surface area contributed by atoms with Crippen molar-refractivity contribution in [1.82, 2.24) is 5.32 Å². The van der Waals surface area contributed by atoms with E-state index in [-0.39, 0.29) is 16.4 Å². The van der Waals surface area contributed by atoms with E-state index in [9.17, 15) is 5.11 Å². The smallest absolute Gasteiger partial charge is 0.127 e. The maximum Gasteiger partial charge on any atom is 0.127 e. The minimum Gasteiger partial charge on any atom is -0.507 e. The zero-order chi connectivity index (χ0) is 21.3. The number of rotatable bonds is 4. The molecule has 0 radical (unpaired) electrons. The Labute approximate surface area is 173 Å². The van der Waals surface area contributed by atoms with Crippen LogP contribution in [0.25, 0.3) is 0 Å². The zero-order valence-corrected chi connectivity index (χ0v) is 20.1. The van der Waals surface area contributed by atoms with E-state index in [1.165, 1.54) is 16.4 Å². The Kier molecular flexibility index (Phi) is 6.68. The molecule has 2 N–H and O–H groups in total. The minimum atomic E-state index is -0.0993. The van der Waals surface area contributed by atoms with Crippen LogP contribution in [-0.4, -0.2) is 10.6 Å². The summed E-state index contributed by atoms with van der Waals surface area (Å²) in [7, 11) is 0.429. The molecule has 0 spiro atoms. The lowest BCUT2D eigenvalue weighted by molar-refractivity contribution is 0.425. The van der Waals surface area contributed by atoms with E-state index in [1.54, 1.807) is 0 Å². The van der Waals surface area contributed by atoms with Gasteiger partial charge in [-0.25, -0.2) is 0 Å². The summed E-state index contributed by atoms with van der Waals surface area (Å²) in [5.74, 6) is 0.456. The van der Waals surface area contributed by atoms with E-state index in [2.05, 4.69) is 104 Å². The van der Waals surface area contributed by atoms with Crippen LogP contribution in [0.15, 0.2) is 36.4 Å². The van der Waals surface area contributed by atoms with E-state index < -0.39 is 0 Å². The average molecular weight is 400 g/mol. The Bertz CT molecular complexity index is 820. The quantitative estimate of drug-likeness (QED) is 0.665. The molecule has 1 atom stereocenters. The maximum absolute atomic E-state index is 11.1. The standard InChI is InChI=1S/C25H38NOP/c1-23(2,3)18-14-19(24(4,5)6)22(27)21(15-18)28-20-13-11-10-12-17(20)16-26-25(7,8)9/h10-15,26-28H,16H2,1-9H3. The van der Waals surface area contributed by atoms with E-state index >= 15 is 0 Å². The first kappa shape index (κ1) is 22.9. The van der Waals surface area contributed by atoms with Crippen LogP contribution in [0.5, 0.6) is 5.75 Å². The van der Waals surface area contributed by atoms with Crippen LogP contribution >= 0.6 is 8.58 Å². The second kappa shape index (κ2) is 8.17. The van der Waals surface area contributed by atoms with Crippen LogP contribution in [-0.2, 0) is 17.4 Å². The van der Waals surface area contributed by atoms with Gasteiger partial charge in [0.2, 0.25) is 0 Å². The Morgan fingerprint density at radius 1 is 0.821 bits per heavy atom. The summed E-state index contributed by atoms with van der Waals surface area (Å²) >= 11 is 0. The second-order valence-corrected chi connectivity index (χ2v) is 12.1. The summed E-state index contributed by atoms with van der Waals surface area (Å²) < 4.78 is 0. The fourth-order valence-corrected chi connectivity index (χ4v) is 4.32. The summed E-state index contributed by atoms with van der Waals surface area (Å²) in [6.07, 6.45) is 0. The van der Waals surface area contributed by atoms with E-state index in [0.29, 0.717) is 14.3 Å². The van der Waals surface area contributed by atoms with Crippen molar-refractivity contribution in [2.75, 3.05) is 0 Å². The van der Waals surface area contributed by atoms with Crippen LogP contribution in [0.3, 0.4) is 0 Å². The highest BCUT2D eigenvalue weighted by Gasteiger charge is 2.25. The summed E-state index contributed by atoms with van der Waals surface area (Å²) in [4.78, 5) is 0. The lowest BCUT2D eigenvalue weighted by Gasteiger charge is -2.28. The number of benzene rings is 2. The van der Waals surface area contributed by atoms with Crippen molar-refractivity contribution in [3.8, 4) is 5.75 Å². The molecule has 0 aliphatic heterocycles. The van der Waals surface area contributed by atoms with Crippen LogP contribution in [0, 0.1) is 0 Å². The Hall–Kier alpha value is -1.37. The van der Waals surface area contributed by atoms with Gasteiger partial charge in [-0.05, 0) is 54.1 Å². The fraction of sp³-hybridized carbons (Fsp3) is 0.520. The zero-order valence-electron chi connectivity index (χ0n) is 19.1. The molecule has 0 saturated heterocycles. The van der Waals surface area contributed by atoms with Crippen LogP contribution < -0.4 is 15.9 Å². The monoisotopic (exact) mass is 399 g/mol. The van der Waals surface area contributed by atoms with Crippen molar-refractivity contribution in [2.24, 2.45) is 0 Å². The highest BCUT2D eigenvalue weighted by atomic mass is 31.1. The Morgan fingerprint density at radius 3 is 1.96 bits per heavy atom. The minimum absolute atomic E-state index is 0.0419. The first-order valence-corrected chi connectivity index (χ1v) is 11.2. The third-order valence-corrected chi connectivity index (χ3v) is 6.29. The number of hydrogen-bond acceptors (Lipinski definition) is 2. The van der Waals surface area contributed by atoms with Gasteiger partial charge in [-0.1, -0.05) is 80.5 Å². The van der Waals surface area contributed by atoms with Gasteiger partial charge in [0.25, 0.3) is 0 Å². The SMILES string of the molecule is CC(C)(C)NCc1ccccc1Pc1cc(C(C)(C)C)cc(C(C)(C)C)c1O. The molecule has 2 aromatic rings. The Balaban J connectivity index is 2.49. The normalized spacial score (nSPS) is 13.5. The van der Waals surface area contributed by atoms with Gasteiger partial charge in [0.05, 0.1) is 0 Å². The number of phenols is 1. The summed E-state index contributed by atoms with van der Waals surface area (Å²) in [5.41, 5.74) is 3.63. The molecule has 0 saturated carbocycles. The first-order valence-electron chi connectivity index (χ1n) is 10.2. The molecule has 2 rings (SSSR count). The molecule has 0 bridgehead atoms. The molecule has 28 heavy (non-hydrogen) atoms. The third-order valence-electron chi connectivity index (χ3n) is 4.88. The van der Waals surface area contributed by atoms with Crippen molar-refractivity contribution in [2.45, 2.75) is 85.2 Å². The molecule has 0 aromatic heterocycles. The lowest BCUT2D eigenvalue weighted by Crippen LogP contribution is -2.36. The van der Waals surface area contributed by atoms with Crippen molar-refractivity contribution in [3.05, 3.63) is 53.1 Å². The molecule has 1 unspecified atom stereocenters. The average Bonchev–Trinajstić information content (AvgIpc) is 2.53. The predicted molar refractivity (Wildman–Crippen MR) is 126 cm³/mol. The fourth-order valence-electron chi connectivity index (χ4n) is 3.04. The Morgan fingerprint density at radius 2 is 1.43 bits per heavy atom. The molecule has 0 aliphatic carbocycles. The molecular weight excluding hydrogens is 361 g/mol. The summed E-state index contributed by atoms with van der Waals surface area (Å²) in [5, 5.41) is 17.0. The molecule has 2 aromatic carbocycles. The molecule has 0 fully saturated rings. The second-order valence-electron chi connectivity index (χ2n) is 10.8. The van der Waals surface area contributed by atoms with E-state index in [0.717, 1.165) is 17.4 Å². The maximum atomic E-state index is 11.1. The number of aromatic hydroxyl groups is 1. The van der Waals surface area contributed by atoms with E-state index in [4.69, 9.17) is 0 Å². The first-order chi connectivity index (χ1) is 12.7. The van der Waals surface area contributed by atoms with Gasteiger partial charge in [0.15, 0.2) is 0 Å². The third kappa shape index (κ3) is 6.06. The van der Waals surface area contributed by atoms with Crippen molar-refractivity contribution < 1.29 is 5.11 Å². The topological polar surface area (TPSA) is 32.3 Å². The van der Waals surface area contributed by atoms with Crippen molar-refractivity contribution >= 4 is 19.2 Å². The summed E-state index contributed by atoms with van der Waals surface area (Å²) in [6, 6.07) is 13.0. The largest absolute Gasteiger partial charge is 0.507 e. The summed E-state index contributed by atoms with van der Waals surface area (Å²) in [6.45, 7) is 20.6. The van der Waals surface area contributed by atoms with Gasteiger partial charge in [0, 0.05) is 23.0 Å². The number of phenolic OH excluding ortho intramolecular Hbond substituents is 1. The van der Waals surface area contributed by atoms with Crippen molar-refractivity contribution in [1.29, 1.82) is 0 Å². The molecule has 3 heteroatoms. The van der Waals surface area contributed by atoms with Gasteiger partial charge in [-0.3, -0.25) is 0 Å². The predicted octanol–water partition coefficient (Wildman–Crippen LogP) is 5.50. The molecule has 2 nitrogen and oxygen atoms in total. The molecule has 154 valence electrons. The highest BCUT2D eigenvalue weighted by Crippen LogP contribution is 2.36. The number of nitrogens with one attached hydrogen (secondary N) is 1. The van der Waals surface area contributed by atoms with Crippen molar-refractivity contribution in [3.63, 3.8) is 0 Å². The lowest BCUT2D eigenvalue weighted by atomic mass is 9.80. The van der Waals surface area contributed by atoms with Crippen LogP contribution in [0.4, 0.5) is 0 Å². The van der Waals surface area contributed by atoms with Gasteiger partial charge in [-0.15, -0.1) is 0 Å². The van der Waals surface area contributed by atoms with Crippen LogP contribution in [0.2, 0.25) is 0 Å². The van der Waals surface area contributed by atoms with E-state index in [1.807, 2.05) is 0 Å².